The van der Waals surface area contributed by atoms with Crippen molar-refractivity contribution in [1.82, 2.24) is 0 Å². The van der Waals surface area contributed by atoms with E-state index < -0.39 is 21.0 Å². The molecule has 0 spiro atoms. The lowest BCUT2D eigenvalue weighted by Gasteiger charge is -2.40. The summed E-state index contributed by atoms with van der Waals surface area (Å²) in [5.74, 6) is -1.22. The van der Waals surface area contributed by atoms with E-state index in [4.69, 9.17) is 5.11 Å². The van der Waals surface area contributed by atoms with Gasteiger partial charge in [-0.05, 0) is 42.5 Å². The van der Waals surface area contributed by atoms with Crippen molar-refractivity contribution < 1.29 is 34.4 Å². The van der Waals surface area contributed by atoms with Gasteiger partial charge in [0.05, 0.1) is 0 Å². The zero-order chi connectivity index (χ0) is 18.9. The third kappa shape index (κ3) is 5.11. The molecule has 0 aliphatic rings. The van der Waals surface area contributed by atoms with Crippen LogP contribution >= 0.6 is 10.2 Å². The second-order valence-corrected chi connectivity index (χ2v) is 7.47. The zero-order valence-electron chi connectivity index (χ0n) is 12.3. The normalized spacial score (nSPS) is 14.8. The Morgan fingerprint density at radius 1 is 0.960 bits per heavy atom. The van der Waals surface area contributed by atoms with Crippen LogP contribution in [-0.4, -0.2) is 16.1 Å². The van der Waals surface area contributed by atoms with Crippen LogP contribution in [-0.2, 0) is 4.79 Å². The fourth-order valence-electron chi connectivity index (χ4n) is 1.82. The van der Waals surface area contributed by atoms with Crippen LogP contribution in [0.3, 0.4) is 0 Å². The van der Waals surface area contributed by atoms with Gasteiger partial charge < -0.3 is 15.5 Å². The molecule has 4 nitrogen and oxygen atoms in total. The molecule has 2 rings (SSSR count). The molecule has 0 aliphatic carbocycles. The summed E-state index contributed by atoms with van der Waals surface area (Å²) in [5.41, 5.74) is 0.0967. The van der Waals surface area contributed by atoms with Crippen LogP contribution in [0, 0.1) is 0 Å². The van der Waals surface area contributed by atoms with Gasteiger partial charge in [-0.3, -0.25) is 4.79 Å². The average Bonchev–Trinajstić information content (AvgIpc) is 2.44. The number of phenolic OH excluding ortho intramolecular Hbond substituents is 2. The number of nitrogens with one attached hydrogen (secondary N) is 1. The SMILES string of the molecule is O=C(/C=C/c1ccc(O)cc1O)Nc1ccc(S(F)(F)(F)(F)F)cc1. The Hall–Kier alpha value is -2.75. The molecular weight excluding hydrogens is 369 g/mol. The number of hydrogen-bond donors (Lipinski definition) is 3. The maximum Gasteiger partial charge on any atom is 0.310 e. The van der Waals surface area contributed by atoms with E-state index in [1.165, 1.54) is 18.2 Å². The van der Waals surface area contributed by atoms with E-state index >= 15 is 0 Å². The fraction of sp³-hybridized carbons (Fsp3) is 0. The minimum atomic E-state index is -9.75. The number of benzene rings is 2. The van der Waals surface area contributed by atoms with Crippen LogP contribution in [0.5, 0.6) is 11.5 Å². The van der Waals surface area contributed by atoms with Crippen LogP contribution < -0.4 is 5.32 Å². The van der Waals surface area contributed by atoms with Crippen molar-refractivity contribution in [1.29, 1.82) is 0 Å². The lowest BCUT2D eigenvalue weighted by Crippen LogP contribution is -2.09. The van der Waals surface area contributed by atoms with Gasteiger partial charge in [-0.1, -0.05) is 19.4 Å². The van der Waals surface area contributed by atoms with Gasteiger partial charge in [0, 0.05) is 23.4 Å². The standard InChI is InChI=1S/C15H12F5NO3S/c16-25(17,18,19,20)13-6-3-11(4-7-13)21-15(24)8-2-10-1-5-12(22)9-14(10)23/h1-9,22-23H,(H,21,24)/b8-2+. The summed E-state index contributed by atoms with van der Waals surface area (Å²) >= 11 is 0. The van der Waals surface area contributed by atoms with Crippen LogP contribution in [0.15, 0.2) is 53.4 Å². The predicted molar refractivity (Wildman–Crippen MR) is 85.3 cm³/mol. The lowest BCUT2D eigenvalue weighted by atomic mass is 10.2. The van der Waals surface area contributed by atoms with Crippen molar-refractivity contribution in [2.75, 3.05) is 5.32 Å². The van der Waals surface area contributed by atoms with Crippen LogP contribution in [0.25, 0.3) is 6.08 Å². The maximum atomic E-state index is 12.6. The Morgan fingerprint density at radius 3 is 2.08 bits per heavy atom. The van der Waals surface area contributed by atoms with Gasteiger partial charge >= 0.3 is 10.2 Å². The summed E-state index contributed by atoms with van der Waals surface area (Å²) in [6.45, 7) is 0. The van der Waals surface area contributed by atoms with E-state index in [1.54, 1.807) is 0 Å². The van der Waals surface area contributed by atoms with Crippen molar-refractivity contribution in [3.63, 3.8) is 0 Å². The summed E-state index contributed by atoms with van der Waals surface area (Å²) in [6, 6.07) is 5.44. The van der Waals surface area contributed by atoms with E-state index in [1.807, 2.05) is 0 Å². The summed E-state index contributed by atoms with van der Waals surface area (Å²) in [6.07, 6.45) is 2.18. The molecule has 0 atom stereocenters. The van der Waals surface area contributed by atoms with Crippen molar-refractivity contribution in [3.05, 3.63) is 54.1 Å². The first-order chi connectivity index (χ1) is 11.2. The Morgan fingerprint density at radius 2 is 1.56 bits per heavy atom. The van der Waals surface area contributed by atoms with Gasteiger partial charge in [0.1, 0.15) is 16.4 Å². The molecule has 2 aromatic rings. The highest BCUT2D eigenvalue weighted by Gasteiger charge is 2.65. The Labute approximate surface area is 138 Å². The number of carbonyl (C=O) groups is 1. The largest absolute Gasteiger partial charge is 0.508 e. The summed E-state index contributed by atoms with van der Waals surface area (Å²) in [4.78, 5) is 9.63. The Balaban J connectivity index is 2.10. The minimum absolute atomic E-state index is 0.116. The van der Waals surface area contributed by atoms with Crippen LogP contribution in [0.2, 0.25) is 0 Å². The molecule has 0 unspecified atom stereocenters. The third-order valence-corrected chi connectivity index (χ3v) is 4.16. The quantitative estimate of drug-likeness (QED) is 0.490. The molecule has 0 fully saturated rings. The number of aromatic hydroxyl groups is 2. The van der Waals surface area contributed by atoms with E-state index in [9.17, 15) is 29.3 Å². The van der Waals surface area contributed by atoms with Gasteiger partial charge in [0.2, 0.25) is 5.91 Å². The number of amides is 1. The average molecular weight is 381 g/mol. The van der Waals surface area contributed by atoms with Crippen LogP contribution in [0.1, 0.15) is 5.56 Å². The van der Waals surface area contributed by atoms with E-state index in [0.29, 0.717) is 12.1 Å². The molecule has 0 aliphatic heterocycles. The molecule has 0 radical (unpaired) electrons. The third-order valence-electron chi connectivity index (χ3n) is 3.00. The Bertz CT molecular complexity index is 848. The van der Waals surface area contributed by atoms with Crippen molar-refractivity contribution >= 4 is 27.9 Å². The first-order valence-corrected chi connectivity index (χ1v) is 8.55. The van der Waals surface area contributed by atoms with Gasteiger partial charge in [-0.25, -0.2) is 0 Å². The van der Waals surface area contributed by atoms with Gasteiger partial charge in [0.15, 0.2) is 0 Å². The van der Waals surface area contributed by atoms with E-state index in [-0.39, 0.29) is 34.9 Å². The molecule has 3 N–H and O–H groups in total. The molecule has 10 heteroatoms. The molecule has 1 amide bonds. The molecule has 0 heterocycles. The molecule has 136 valence electrons. The first-order valence-electron chi connectivity index (χ1n) is 6.60. The molecular formula is C15H12F5NO3S. The molecule has 25 heavy (non-hydrogen) atoms. The van der Waals surface area contributed by atoms with Crippen molar-refractivity contribution in [3.8, 4) is 11.5 Å². The minimum Gasteiger partial charge on any atom is -0.508 e. The molecule has 0 bridgehead atoms. The van der Waals surface area contributed by atoms with Crippen molar-refractivity contribution in [2.45, 2.75) is 4.90 Å². The van der Waals surface area contributed by atoms with Crippen LogP contribution in [0.4, 0.5) is 25.1 Å². The fourth-order valence-corrected chi connectivity index (χ4v) is 2.47. The summed E-state index contributed by atoms with van der Waals surface area (Å²) in [5, 5.41) is 20.9. The predicted octanol–water partition coefficient (Wildman–Crippen LogP) is 5.41. The number of anilines is 1. The highest BCUT2D eigenvalue weighted by atomic mass is 32.5. The summed E-state index contributed by atoms with van der Waals surface area (Å²) in [7, 11) is -9.75. The van der Waals surface area contributed by atoms with E-state index in [2.05, 4.69) is 5.32 Å². The monoisotopic (exact) mass is 381 g/mol. The number of hydrogen-bond acceptors (Lipinski definition) is 3. The lowest BCUT2D eigenvalue weighted by molar-refractivity contribution is -0.111. The number of halogens is 5. The first kappa shape index (κ1) is 18.6. The number of rotatable bonds is 4. The maximum absolute atomic E-state index is 12.6. The highest BCUT2D eigenvalue weighted by molar-refractivity contribution is 8.45. The second kappa shape index (κ2) is 5.38. The molecule has 0 aromatic heterocycles. The summed E-state index contributed by atoms with van der Waals surface area (Å²) < 4.78 is 62.9. The van der Waals surface area contributed by atoms with Gasteiger partial charge in [0.25, 0.3) is 0 Å². The number of phenols is 2. The van der Waals surface area contributed by atoms with Gasteiger partial charge in [-0.15, -0.1) is 0 Å². The number of carbonyl (C=O) groups excluding carboxylic acids is 1. The Kier molecular flexibility index (Phi) is 4.00. The van der Waals surface area contributed by atoms with Gasteiger partial charge in [-0.2, -0.15) is 0 Å². The molecule has 0 saturated carbocycles. The van der Waals surface area contributed by atoms with Crippen molar-refractivity contribution in [2.24, 2.45) is 0 Å². The topological polar surface area (TPSA) is 69.6 Å². The van der Waals surface area contributed by atoms with E-state index in [0.717, 1.165) is 12.1 Å². The highest BCUT2D eigenvalue weighted by Crippen LogP contribution is 3.02. The smallest absolute Gasteiger partial charge is 0.310 e. The molecule has 2 aromatic carbocycles. The second-order valence-electron chi connectivity index (χ2n) is 5.06. The molecule has 0 saturated heterocycles. The zero-order valence-corrected chi connectivity index (χ0v) is 13.1.